The van der Waals surface area contributed by atoms with E-state index < -0.39 is 0 Å². The second-order valence-corrected chi connectivity index (χ2v) is 4.40. The summed E-state index contributed by atoms with van der Waals surface area (Å²) in [6.45, 7) is 1.74. The summed E-state index contributed by atoms with van der Waals surface area (Å²) in [6, 6.07) is 3.40. The van der Waals surface area contributed by atoms with Gasteiger partial charge in [0.25, 0.3) is 0 Å². The molecule has 0 aliphatic carbocycles. The van der Waals surface area contributed by atoms with E-state index in [4.69, 9.17) is 28.9 Å². The lowest BCUT2D eigenvalue weighted by Gasteiger charge is -2.13. The number of nitrogens with two attached hydrogens (primary N) is 1. The Hall–Kier alpha value is -0.640. The fourth-order valence-corrected chi connectivity index (χ4v) is 1.47. The average molecular weight is 248 g/mol. The fourth-order valence-electron chi connectivity index (χ4n) is 1.13. The Morgan fingerprint density at radius 1 is 1.27 bits per heavy atom. The third kappa shape index (κ3) is 3.78. The molecule has 0 aliphatic rings. The molecular weight excluding hydrogens is 233 g/mol. The first-order chi connectivity index (χ1) is 7.00. The lowest BCUT2D eigenvalue weighted by molar-refractivity contribution is 0.425. The van der Waals surface area contributed by atoms with Crippen LogP contribution in [0.25, 0.3) is 0 Å². The Labute approximate surface area is 100 Å². The summed E-state index contributed by atoms with van der Waals surface area (Å²) in [6.07, 6.45) is 0. The quantitative estimate of drug-likeness (QED) is 0.804. The van der Waals surface area contributed by atoms with Gasteiger partial charge < -0.3 is 16.0 Å². The molecule has 15 heavy (non-hydrogen) atoms. The van der Waals surface area contributed by atoms with E-state index in [1.54, 1.807) is 12.1 Å². The van der Waals surface area contributed by atoms with Gasteiger partial charge in [-0.25, -0.2) is 0 Å². The molecule has 0 aromatic heterocycles. The number of likely N-dealkylation sites (N-methyl/N-ethyl adjacent to an activating group) is 1. The topological polar surface area (TPSA) is 41.3 Å². The van der Waals surface area contributed by atoms with Crippen LogP contribution >= 0.6 is 23.2 Å². The van der Waals surface area contributed by atoms with Crippen molar-refractivity contribution in [2.24, 2.45) is 0 Å². The van der Waals surface area contributed by atoms with E-state index in [0.29, 0.717) is 15.7 Å². The zero-order chi connectivity index (χ0) is 11.4. The lowest BCUT2D eigenvalue weighted by Crippen LogP contribution is -2.21. The van der Waals surface area contributed by atoms with E-state index >= 15 is 0 Å². The first-order valence-corrected chi connectivity index (χ1v) is 5.39. The molecule has 0 spiro atoms. The Balaban J connectivity index is 2.65. The number of hydrogen-bond donors (Lipinski definition) is 2. The number of nitrogens with one attached hydrogen (secondary N) is 1. The zero-order valence-corrected chi connectivity index (χ0v) is 10.4. The highest BCUT2D eigenvalue weighted by Gasteiger charge is 2.04. The Morgan fingerprint density at radius 2 is 1.87 bits per heavy atom. The van der Waals surface area contributed by atoms with Crippen LogP contribution in [0.5, 0.6) is 0 Å². The molecule has 0 amide bonds. The molecule has 1 aromatic carbocycles. The third-order valence-corrected chi connectivity index (χ3v) is 2.69. The summed E-state index contributed by atoms with van der Waals surface area (Å²) < 4.78 is 0. The molecule has 0 saturated heterocycles. The molecular formula is C10H15Cl2N3. The van der Waals surface area contributed by atoms with E-state index in [1.807, 2.05) is 14.1 Å². The molecule has 3 N–H and O–H groups in total. The summed E-state index contributed by atoms with van der Waals surface area (Å²) >= 11 is 11.7. The van der Waals surface area contributed by atoms with E-state index in [9.17, 15) is 0 Å². The predicted octanol–water partition coefficient (Wildman–Crippen LogP) is 2.55. The van der Waals surface area contributed by atoms with E-state index in [0.717, 1.165) is 18.8 Å². The smallest absolute Gasteiger partial charge is 0.0614 e. The predicted molar refractivity (Wildman–Crippen MR) is 67.9 cm³/mol. The second-order valence-electron chi connectivity index (χ2n) is 3.58. The number of nitrogens with zero attached hydrogens (tertiary/aromatic N) is 1. The minimum absolute atomic E-state index is 0.479. The summed E-state index contributed by atoms with van der Waals surface area (Å²) in [4.78, 5) is 2.08. The first kappa shape index (κ1) is 12.4. The van der Waals surface area contributed by atoms with E-state index in [2.05, 4.69) is 10.2 Å². The molecule has 0 fully saturated rings. The molecule has 0 radical (unpaired) electrons. The number of anilines is 2. The Kier molecular flexibility index (Phi) is 4.51. The molecule has 0 atom stereocenters. The van der Waals surface area contributed by atoms with Crippen molar-refractivity contribution in [3.05, 3.63) is 22.2 Å². The van der Waals surface area contributed by atoms with Crippen molar-refractivity contribution < 1.29 is 0 Å². The van der Waals surface area contributed by atoms with Crippen LogP contribution in [0.2, 0.25) is 10.0 Å². The number of rotatable bonds is 4. The van der Waals surface area contributed by atoms with Gasteiger partial charge in [-0.3, -0.25) is 0 Å². The molecule has 84 valence electrons. The molecule has 0 heterocycles. The minimum atomic E-state index is 0.479. The van der Waals surface area contributed by atoms with Crippen molar-refractivity contribution in [3.63, 3.8) is 0 Å². The molecule has 0 aliphatic heterocycles. The number of halogens is 2. The monoisotopic (exact) mass is 247 g/mol. The van der Waals surface area contributed by atoms with Crippen molar-refractivity contribution in [2.45, 2.75) is 0 Å². The van der Waals surface area contributed by atoms with Gasteiger partial charge in [0.2, 0.25) is 0 Å². The normalized spacial score (nSPS) is 10.7. The average Bonchev–Trinajstić information content (AvgIpc) is 2.13. The maximum Gasteiger partial charge on any atom is 0.0614 e. The fraction of sp³-hybridized carbons (Fsp3) is 0.400. The Morgan fingerprint density at radius 3 is 2.47 bits per heavy atom. The molecule has 1 aromatic rings. The van der Waals surface area contributed by atoms with Crippen LogP contribution in [-0.4, -0.2) is 32.1 Å². The van der Waals surface area contributed by atoms with Crippen molar-refractivity contribution in [2.75, 3.05) is 38.2 Å². The molecule has 0 saturated carbocycles. The van der Waals surface area contributed by atoms with Crippen LogP contribution in [0, 0.1) is 0 Å². The molecule has 3 nitrogen and oxygen atoms in total. The second kappa shape index (κ2) is 5.45. The Bertz CT molecular complexity index is 340. The number of benzene rings is 1. The van der Waals surface area contributed by atoms with Gasteiger partial charge in [-0.05, 0) is 26.2 Å². The zero-order valence-electron chi connectivity index (χ0n) is 8.85. The van der Waals surface area contributed by atoms with E-state index in [-0.39, 0.29) is 0 Å². The standard InChI is InChI=1S/C10H15Cl2N3/c1-15(2)4-3-14-10-6-8(12)7(11)5-9(10)13/h5-6,14H,3-4,13H2,1-2H3. The molecule has 5 heteroatoms. The van der Waals surface area contributed by atoms with Gasteiger partial charge >= 0.3 is 0 Å². The highest BCUT2D eigenvalue weighted by atomic mass is 35.5. The lowest BCUT2D eigenvalue weighted by atomic mass is 10.2. The van der Waals surface area contributed by atoms with Gasteiger partial charge in [0.05, 0.1) is 21.4 Å². The molecule has 0 bridgehead atoms. The largest absolute Gasteiger partial charge is 0.397 e. The molecule has 0 unspecified atom stereocenters. The van der Waals surface area contributed by atoms with Crippen molar-refractivity contribution >= 4 is 34.6 Å². The van der Waals surface area contributed by atoms with Gasteiger partial charge in [0.1, 0.15) is 0 Å². The number of nitrogen functional groups attached to an aromatic ring is 1. The van der Waals surface area contributed by atoms with Crippen LogP contribution < -0.4 is 11.1 Å². The van der Waals surface area contributed by atoms with Crippen LogP contribution in [0.15, 0.2) is 12.1 Å². The summed E-state index contributed by atoms with van der Waals surface area (Å²) in [5, 5.41) is 4.19. The van der Waals surface area contributed by atoms with Crippen LogP contribution in [-0.2, 0) is 0 Å². The van der Waals surface area contributed by atoms with Crippen molar-refractivity contribution in [1.29, 1.82) is 0 Å². The minimum Gasteiger partial charge on any atom is -0.397 e. The highest BCUT2D eigenvalue weighted by Crippen LogP contribution is 2.30. The van der Waals surface area contributed by atoms with Crippen LogP contribution in [0.3, 0.4) is 0 Å². The van der Waals surface area contributed by atoms with Gasteiger partial charge in [-0.1, -0.05) is 23.2 Å². The van der Waals surface area contributed by atoms with Gasteiger partial charge in [0.15, 0.2) is 0 Å². The van der Waals surface area contributed by atoms with Crippen LogP contribution in [0.1, 0.15) is 0 Å². The van der Waals surface area contributed by atoms with Crippen molar-refractivity contribution in [1.82, 2.24) is 4.90 Å². The highest BCUT2D eigenvalue weighted by molar-refractivity contribution is 6.42. The van der Waals surface area contributed by atoms with Crippen LogP contribution in [0.4, 0.5) is 11.4 Å². The maximum absolute atomic E-state index is 5.89. The summed E-state index contributed by atoms with van der Waals surface area (Å²) in [7, 11) is 4.03. The van der Waals surface area contributed by atoms with Crippen molar-refractivity contribution in [3.8, 4) is 0 Å². The SMILES string of the molecule is CN(C)CCNc1cc(Cl)c(Cl)cc1N. The van der Waals surface area contributed by atoms with Gasteiger partial charge in [-0.2, -0.15) is 0 Å². The summed E-state index contributed by atoms with van der Waals surface area (Å²) in [5.74, 6) is 0. The third-order valence-electron chi connectivity index (χ3n) is 1.97. The first-order valence-electron chi connectivity index (χ1n) is 4.64. The van der Waals surface area contributed by atoms with Gasteiger partial charge in [0, 0.05) is 13.1 Å². The van der Waals surface area contributed by atoms with Gasteiger partial charge in [-0.15, -0.1) is 0 Å². The number of hydrogen-bond acceptors (Lipinski definition) is 3. The summed E-state index contributed by atoms with van der Waals surface area (Å²) in [5.41, 5.74) is 7.23. The maximum atomic E-state index is 5.89. The van der Waals surface area contributed by atoms with E-state index in [1.165, 1.54) is 0 Å². The molecule has 1 rings (SSSR count).